The molecular weight excluding hydrogens is 404 g/mol. The van der Waals surface area contributed by atoms with Crippen LogP contribution in [-0.2, 0) is 16.8 Å². The van der Waals surface area contributed by atoms with Gasteiger partial charge in [-0.2, -0.15) is 0 Å². The summed E-state index contributed by atoms with van der Waals surface area (Å²) in [5.74, 6) is 2.10. The summed E-state index contributed by atoms with van der Waals surface area (Å²) < 4.78 is 11.7. The van der Waals surface area contributed by atoms with E-state index in [-0.39, 0.29) is 5.60 Å². The predicted molar refractivity (Wildman–Crippen MR) is 128 cm³/mol. The van der Waals surface area contributed by atoms with Crippen molar-refractivity contribution < 1.29 is 9.47 Å². The summed E-state index contributed by atoms with van der Waals surface area (Å²) in [6.45, 7) is 4.29. The van der Waals surface area contributed by atoms with Crippen LogP contribution in [0, 0.1) is 0 Å². The lowest BCUT2D eigenvalue weighted by atomic mass is 9.83. The molecule has 1 fully saturated rings. The number of rotatable bonds is 7. The van der Waals surface area contributed by atoms with Crippen LogP contribution in [0.4, 0.5) is 0 Å². The highest BCUT2D eigenvalue weighted by molar-refractivity contribution is 7.99. The molecule has 0 atom stereocenters. The second-order valence-corrected chi connectivity index (χ2v) is 9.86. The van der Waals surface area contributed by atoms with E-state index in [4.69, 9.17) is 9.47 Å². The molecule has 1 saturated heterocycles. The molecule has 31 heavy (non-hydrogen) atoms. The van der Waals surface area contributed by atoms with Gasteiger partial charge in [-0.25, -0.2) is 0 Å². The Morgan fingerprint density at radius 1 is 1.06 bits per heavy atom. The van der Waals surface area contributed by atoms with Crippen LogP contribution in [0.3, 0.4) is 0 Å². The maximum atomic E-state index is 6.45. The van der Waals surface area contributed by atoms with E-state index in [9.17, 15) is 0 Å². The number of nitrogens with zero attached hydrogens (tertiary/aromatic N) is 1. The molecule has 1 N–H and O–H groups in total. The highest BCUT2D eigenvalue weighted by Crippen LogP contribution is 2.43. The number of hydrogen-bond donors (Lipinski definition) is 1. The van der Waals surface area contributed by atoms with Crippen LogP contribution in [0.2, 0.25) is 0 Å². The van der Waals surface area contributed by atoms with Crippen molar-refractivity contribution in [1.82, 2.24) is 9.88 Å². The second kappa shape index (κ2) is 9.27. The molecule has 2 aliphatic heterocycles. The van der Waals surface area contributed by atoms with Gasteiger partial charge in [0.2, 0.25) is 0 Å². The molecule has 0 aliphatic carbocycles. The third kappa shape index (κ3) is 4.36. The van der Waals surface area contributed by atoms with Crippen LogP contribution >= 0.6 is 11.8 Å². The van der Waals surface area contributed by atoms with Crippen molar-refractivity contribution >= 4 is 22.7 Å². The summed E-state index contributed by atoms with van der Waals surface area (Å²) in [7, 11) is 1.71. The first-order chi connectivity index (χ1) is 15.3. The van der Waals surface area contributed by atoms with Crippen molar-refractivity contribution in [2.45, 2.75) is 42.6 Å². The highest BCUT2D eigenvalue weighted by atomic mass is 32.2. The fraction of sp³-hybridized carbons (Fsp3) is 0.462. The molecule has 1 aromatic heterocycles. The number of para-hydroxylation sites is 1. The van der Waals surface area contributed by atoms with Gasteiger partial charge in [0.15, 0.2) is 0 Å². The first kappa shape index (κ1) is 20.9. The van der Waals surface area contributed by atoms with Gasteiger partial charge in [-0.15, -0.1) is 11.8 Å². The van der Waals surface area contributed by atoms with Gasteiger partial charge in [0.25, 0.3) is 0 Å². The van der Waals surface area contributed by atoms with E-state index in [1.165, 1.54) is 52.2 Å². The molecule has 2 aromatic carbocycles. The zero-order valence-corrected chi connectivity index (χ0v) is 19.2. The summed E-state index contributed by atoms with van der Waals surface area (Å²) >= 11 is 1.94. The molecule has 0 saturated carbocycles. The SMILES string of the molecule is COc1ccc(SCCCCN2CCC3(CC2)OCCc2c3[nH]c3ccccc23)cc1. The standard InChI is InChI=1S/C26H32N2O2S/c1-29-20-8-10-21(11-9-20)31-19-5-4-15-28-16-13-26(14-17-28)25-23(12-18-30-26)22-6-2-3-7-24(22)27-25/h2-3,6-11,27H,4-5,12-19H2,1H3. The van der Waals surface area contributed by atoms with E-state index in [0.717, 1.165) is 44.7 Å². The van der Waals surface area contributed by atoms with Crippen molar-refractivity contribution in [3.8, 4) is 5.75 Å². The van der Waals surface area contributed by atoms with Crippen LogP contribution in [0.25, 0.3) is 10.9 Å². The fourth-order valence-electron chi connectivity index (χ4n) is 5.10. The van der Waals surface area contributed by atoms with Crippen LogP contribution < -0.4 is 4.74 Å². The average Bonchev–Trinajstić information content (AvgIpc) is 3.21. The summed E-state index contributed by atoms with van der Waals surface area (Å²) in [4.78, 5) is 7.67. The van der Waals surface area contributed by atoms with Gasteiger partial charge in [-0.3, -0.25) is 0 Å². The van der Waals surface area contributed by atoms with E-state index in [1.54, 1.807) is 7.11 Å². The molecule has 0 bridgehead atoms. The Morgan fingerprint density at radius 3 is 2.68 bits per heavy atom. The van der Waals surface area contributed by atoms with Gasteiger partial charge in [0, 0.05) is 28.9 Å². The summed E-state index contributed by atoms with van der Waals surface area (Å²) in [5.41, 5.74) is 4.00. The fourth-order valence-corrected chi connectivity index (χ4v) is 6.01. The minimum absolute atomic E-state index is 0.104. The van der Waals surface area contributed by atoms with Gasteiger partial charge in [0.05, 0.1) is 19.4 Å². The molecule has 1 spiro atoms. The number of hydrogen-bond acceptors (Lipinski definition) is 4. The molecule has 2 aliphatic rings. The quantitative estimate of drug-likeness (QED) is 0.386. The molecule has 4 nitrogen and oxygen atoms in total. The molecule has 164 valence electrons. The zero-order chi connectivity index (χ0) is 21.1. The predicted octanol–water partition coefficient (Wildman–Crippen LogP) is 5.61. The monoisotopic (exact) mass is 436 g/mol. The van der Waals surface area contributed by atoms with Crippen molar-refractivity contribution in [3.05, 3.63) is 59.8 Å². The molecule has 5 heteroatoms. The number of ether oxygens (including phenoxy) is 2. The number of aromatic amines is 1. The Bertz CT molecular complexity index is 1010. The number of thioether (sulfide) groups is 1. The topological polar surface area (TPSA) is 37.5 Å². The third-order valence-electron chi connectivity index (χ3n) is 6.86. The minimum Gasteiger partial charge on any atom is -0.497 e. The van der Waals surface area contributed by atoms with E-state index < -0.39 is 0 Å². The highest BCUT2D eigenvalue weighted by Gasteiger charge is 2.42. The Hall–Kier alpha value is -1.95. The molecule has 3 aromatic rings. The number of nitrogens with one attached hydrogen (secondary N) is 1. The summed E-state index contributed by atoms with van der Waals surface area (Å²) in [6, 6.07) is 17.1. The first-order valence-electron chi connectivity index (χ1n) is 11.5. The average molecular weight is 437 g/mol. The lowest BCUT2D eigenvalue weighted by Gasteiger charge is -2.43. The van der Waals surface area contributed by atoms with Gasteiger partial charge >= 0.3 is 0 Å². The van der Waals surface area contributed by atoms with Crippen LogP contribution in [-0.4, -0.2) is 49.0 Å². The second-order valence-electron chi connectivity index (χ2n) is 8.69. The molecule has 5 rings (SSSR count). The number of H-pyrrole nitrogens is 1. The van der Waals surface area contributed by atoms with Crippen molar-refractivity contribution in [2.24, 2.45) is 0 Å². The smallest absolute Gasteiger partial charge is 0.118 e. The van der Waals surface area contributed by atoms with Crippen LogP contribution in [0.1, 0.15) is 36.9 Å². The number of likely N-dealkylation sites (tertiary alicyclic amines) is 1. The minimum atomic E-state index is -0.104. The summed E-state index contributed by atoms with van der Waals surface area (Å²) in [6.07, 6.45) is 5.72. The van der Waals surface area contributed by atoms with E-state index in [1.807, 2.05) is 23.9 Å². The van der Waals surface area contributed by atoms with E-state index in [2.05, 4.69) is 46.3 Å². The lowest BCUT2D eigenvalue weighted by Crippen LogP contribution is -2.46. The largest absolute Gasteiger partial charge is 0.497 e. The summed E-state index contributed by atoms with van der Waals surface area (Å²) in [5, 5.41) is 1.39. The Labute approximate surface area is 189 Å². The first-order valence-corrected chi connectivity index (χ1v) is 12.5. The maximum absolute atomic E-state index is 6.45. The number of fused-ring (bicyclic) bond motifs is 4. The molecular formula is C26H32N2O2S. The number of benzene rings is 2. The number of unbranched alkanes of at least 4 members (excludes halogenated alkanes) is 1. The van der Waals surface area contributed by atoms with Gasteiger partial charge in [-0.05, 0) is 80.3 Å². The Morgan fingerprint density at radius 2 is 1.87 bits per heavy atom. The van der Waals surface area contributed by atoms with Gasteiger partial charge < -0.3 is 19.4 Å². The normalized spacial score (nSPS) is 18.4. The van der Waals surface area contributed by atoms with Gasteiger partial charge in [0.1, 0.15) is 11.4 Å². The van der Waals surface area contributed by atoms with E-state index in [0.29, 0.717) is 0 Å². The molecule has 3 heterocycles. The maximum Gasteiger partial charge on any atom is 0.118 e. The Balaban J connectivity index is 1.10. The van der Waals surface area contributed by atoms with Crippen molar-refractivity contribution in [3.63, 3.8) is 0 Å². The van der Waals surface area contributed by atoms with Crippen LogP contribution in [0.15, 0.2) is 53.4 Å². The van der Waals surface area contributed by atoms with Crippen LogP contribution in [0.5, 0.6) is 5.75 Å². The lowest BCUT2D eigenvalue weighted by molar-refractivity contribution is -0.100. The zero-order valence-electron chi connectivity index (χ0n) is 18.4. The molecule has 0 unspecified atom stereocenters. The number of aromatic nitrogens is 1. The Kier molecular flexibility index (Phi) is 6.26. The van der Waals surface area contributed by atoms with Crippen molar-refractivity contribution in [1.29, 1.82) is 0 Å². The van der Waals surface area contributed by atoms with Crippen molar-refractivity contribution in [2.75, 3.05) is 39.1 Å². The molecule has 0 amide bonds. The van der Waals surface area contributed by atoms with E-state index >= 15 is 0 Å². The number of methoxy groups -OCH3 is 1. The van der Waals surface area contributed by atoms with Gasteiger partial charge in [-0.1, -0.05) is 18.2 Å². The number of piperidine rings is 1. The molecule has 0 radical (unpaired) electrons. The third-order valence-corrected chi connectivity index (χ3v) is 7.96.